The molecule has 0 radical (unpaired) electrons. The van der Waals surface area contributed by atoms with Gasteiger partial charge in [-0.05, 0) is 37.1 Å². The van der Waals surface area contributed by atoms with Gasteiger partial charge in [-0.1, -0.05) is 30.8 Å². The van der Waals surface area contributed by atoms with E-state index in [2.05, 4.69) is 15.3 Å². The average molecular weight is 252 g/mol. The Morgan fingerprint density at radius 1 is 1.22 bits per heavy atom. The molecule has 0 aromatic carbocycles. The van der Waals surface area contributed by atoms with Crippen LogP contribution in [0.25, 0.3) is 10.4 Å². The van der Waals surface area contributed by atoms with Gasteiger partial charge in [-0.15, -0.1) is 0 Å². The molecule has 0 spiro atoms. The average Bonchev–Trinajstić information content (AvgIpc) is 2.62. The highest BCUT2D eigenvalue weighted by Gasteiger charge is 2.15. The number of unbranched alkanes of at least 4 members (excludes halogenated alkanes) is 1. The van der Waals surface area contributed by atoms with E-state index in [1.165, 1.54) is 38.5 Å². The van der Waals surface area contributed by atoms with Crippen molar-refractivity contribution in [3.05, 3.63) is 10.4 Å². The number of carbonyl (C=O) groups is 1. The number of hydrogen-bond acceptors (Lipinski definition) is 2. The van der Waals surface area contributed by atoms with Gasteiger partial charge in [0.2, 0.25) is 5.91 Å². The highest BCUT2D eigenvalue weighted by atomic mass is 16.1. The Balaban J connectivity index is 2.03. The molecule has 1 N–H and O–H groups in total. The van der Waals surface area contributed by atoms with Crippen molar-refractivity contribution in [2.75, 3.05) is 13.1 Å². The van der Waals surface area contributed by atoms with E-state index in [1.807, 2.05) is 0 Å². The van der Waals surface area contributed by atoms with E-state index in [-0.39, 0.29) is 5.91 Å². The molecule has 1 amide bonds. The molecule has 0 saturated heterocycles. The lowest BCUT2D eigenvalue weighted by Crippen LogP contribution is -2.26. The number of nitrogens with zero attached hydrogens (tertiary/aromatic N) is 3. The van der Waals surface area contributed by atoms with E-state index in [0.29, 0.717) is 25.4 Å². The van der Waals surface area contributed by atoms with Gasteiger partial charge in [0.15, 0.2) is 0 Å². The molecule has 1 aliphatic carbocycles. The summed E-state index contributed by atoms with van der Waals surface area (Å²) in [5.74, 6) is 0.779. The summed E-state index contributed by atoms with van der Waals surface area (Å²) in [6.45, 7) is 1.22. The van der Waals surface area contributed by atoms with Crippen LogP contribution in [0.1, 0.15) is 57.8 Å². The van der Waals surface area contributed by atoms with E-state index < -0.39 is 0 Å². The molecule has 0 atom stereocenters. The SMILES string of the molecule is [N-]=[N+]=NCCCCNC(=O)CC1CCCCCC1. The third-order valence-corrected chi connectivity index (χ3v) is 3.52. The molecule has 0 heterocycles. The smallest absolute Gasteiger partial charge is 0.220 e. The monoisotopic (exact) mass is 252 g/mol. The van der Waals surface area contributed by atoms with E-state index in [9.17, 15) is 4.79 Å². The normalized spacial score (nSPS) is 16.7. The number of rotatable bonds is 7. The minimum atomic E-state index is 0.186. The standard InChI is InChI=1S/C13H24N4O/c14-17-16-10-6-5-9-15-13(18)11-12-7-3-1-2-4-8-12/h12H,1-11H2,(H,15,18). The van der Waals surface area contributed by atoms with Gasteiger partial charge in [0, 0.05) is 24.4 Å². The molecule has 1 fully saturated rings. The second-order valence-corrected chi connectivity index (χ2v) is 5.07. The fourth-order valence-corrected chi connectivity index (χ4v) is 2.48. The molecule has 5 nitrogen and oxygen atoms in total. The second-order valence-electron chi connectivity index (χ2n) is 5.07. The largest absolute Gasteiger partial charge is 0.356 e. The predicted octanol–water partition coefficient (Wildman–Crippen LogP) is 3.55. The maximum absolute atomic E-state index is 11.7. The van der Waals surface area contributed by atoms with Crippen LogP contribution < -0.4 is 5.32 Å². The molecular weight excluding hydrogens is 228 g/mol. The van der Waals surface area contributed by atoms with Gasteiger partial charge >= 0.3 is 0 Å². The van der Waals surface area contributed by atoms with Gasteiger partial charge in [0.1, 0.15) is 0 Å². The number of carbonyl (C=O) groups excluding carboxylic acids is 1. The van der Waals surface area contributed by atoms with Crippen molar-refractivity contribution in [3.8, 4) is 0 Å². The second kappa shape index (κ2) is 9.77. The van der Waals surface area contributed by atoms with Gasteiger partial charge < -0.3 is 5.32 Å². The Bertz CT molecular complexity index is 279. The van der Waals surface area contributed by atoms with Crippen LogP contribution in [0.15, 0.2) is 5.11 Å². The quantitative estimate of drug-likeness (QED) is 0.243. The van der Waals surface area contributed by atoms with Crippen molar-refractivity contribution < 1.29 is 4.79 Å². The first-order valence-electron chi connectivity index (χ1n) is 7.10. The zero-order valence-corrected chi connectivity index (χ0v) is 11.1. The van der Waals surface area contributed by atoms with Gasteiger partial charge in [0.05, 0.1) is 0 Å². The molecule has 0 bridgehead atoms. The lowest BCUT2D eigenvalue weighted by Gasteiger charge is -2.13. The van der Waals surface area contributed by atoms with Crippen LogP contribution in [0, 0.1) is 5.92 Å². The van der Waals surface area contributed by atoms with E-state index in [0.717, 1.165) is 12.8 Å². The Morgan fingerprint density at radius 2 is 1.94 bits per heavy atom. The first kappa shape index (κ1) is 14.8. The molecule has 1 rings (SSSR count). The van der Waals surface area contributed by atoms with Crippen molar-refractivity contribution in [2.24, 2.45) is 11.0 Å². The Kier molecular flexibility index (Phi) is 8.06. The van der Waals surface area contributed by atoms with E-state index in [1.54, 1.807) is 0 Å². The fourth-order valence-electron chi connectivity index (χ4n) is 2.48. The zero-order chi connectivity index (χ0) is 13.1. The number of nitrogens with one attached hydrogen (secondary N) is 1. The number of hydrogen-bond donors (Lipinski definition) is 1. The van der Waals surface area contributed by atoms with E-state index >= 15 is 0 Å². The molecule has 102 valence electrons. The van der Waals surface area contributed by atoms with Crippen LogP contribution in [0.3, 0.4) is 0 Å². The van der Waals surface area contributed by atoms with E-state index in [4.69, 9.17) is 5.53 Å². The van der Waals surface area contributed by atoms with Gasteiger partial charge in [-0.3, -0.25) is 4.79 Å². The summed E-state index contributed by atoms with van der Waals surface area (Å²) in [7, 11) is 0. The van der Waals surface area contributed by atoms with Crippen LogP contribution in [-0.2, 0) is 4.79 Å². The zero-order valence-electron chi connectivity index (χ0n) is 11.1. The summed E-state index contributed by atoms with van der Waals surface area (Å²) >= 11 is 0. The van der Waals surface area contributed by atoms with Crippen molar-refractivity contribution in [2.45, 2.75) is 57.8 Å². The van der Waals surface area contributed by atoms with Crippen LogP contribution in [-0.4, -0.2) is 19.0 Å². The van der Waals surface area contributed by atoms with Crippen LogP contribution >= 0.6 is 0 Å². The topological polar surface area (TPSA) is 77.9 Å². The molecule has 0 aromatic heterocycles. The Hall–Kier alpha value is -1.22. The Morgan fingerprint density at radius 3 is 2.61 bits per heavy atom. The maximum atomic E-state index is 11.7. The van der Waals surface area contributed by atoms with Crippen molar-refractivity contribution >= 4 is 5.91 Å². The molecule has 5 heteroatoms. The number of amides is 1. The first-order chi connectivity index (χ1) is 8.83. The van der Waals surface area contributed by atoms with Gasteiger partial charge in [-0.2, -0.15) is 0 Å². The summed E-state index contributed by atoms with van der Waals surface area (Å²) in [6, 6.07) is 0. The van der Waals surface area contributed by atoms with Gasteiger partial charge in [0.25, 0.3) is 0 Å². The molecule has 1 aliphatic rings. The highest BCUT2D eigenvalue weighted by molar-refractivity contribution is 5.76. The predicted molar refractivity (Wildman–Crippen MR) is 72.1 cm³/mol. The molecule has 0 unspecified atom stereocenters. The van der Waals surface area contributed by atoms with Crippen molar-refractivity contribution in [1.29, 1.82) is 0 Å². The fraction of sp³-hybridized carbons (Fsp3) is 0.923. The lowest BCUT2D eigenvalue weighted by atomic mass is 9.96. The van der Waals surface area contributed by atoms with Crippen molar-refractivity contribution in [1.82, 2.24) is 5.32 Å². The van der Waals surface area contributed by atoms with Gasteiger partial charge in [-0.25, -0.2) is 0 Å². The third-order valence-electron chi connectivity index (χ3n) is 3.52. The summed E-state index contributed by atoms with van der Waals surface area (Å²) in [5.41, 5.74) is 8.10. The van der Waals surface area contributed by atoms with Crippen LogP contribution in [0.2, 0.25) is 0 Å². The molecule has 18 heavy (non-hydrogen) atoms. The summed E-state index contributed by atoms with van der Waals surface area (Å²) in [6.07, 6.45) is 10.1. The molecular formula is C13H24N4O. The molecule has 0 aromatic rings. The minimum absolute atomic E-state index is 0.186. The summed E-state index contributed by atoms with van der Waals surface area (Å²) < 4.78 is 0. The summed E-state index contributed by atoms with van der Waals surface area (Å²) in [5, 5.41) is 6.41. The summed E-state index contributed by atoms with van der Waals surface area (Å²) in [4.78, 5) is 14.4. The van der Waals surface area contributed by atoms with Crippen LogP contribution in [0.4, 0.5) is 0 Å². The highest BCUT2D eigenvalue weighted by Crippen LogP contribution is 2.25. The lowest BCUT2D eigenvalue weighted by molar-refractivity contribution is -0.122. The molecule has 1 saturated carbocycles. The number of azide groups is 1. The minimum Gasteiger partial charge on any atom is -0.356 e. The first-order valence-corrected chi connectivity index (χ1v) is 7.10. The van der Waals surface area contributed by atoms with Crippen LogP contribution in [0.5, 0.6) is 0 Å². The molecule has 0 aliphatic heterocycles. The maximum Gasteiger partial charge on any atom is 0.220 e. The third kappa shape index (κ3) is 7.17. The van der Waals surface area contributed by atoms with Crippen molar-refractivity contribution in [3.63, 3.8) is 0 Å². The Labute approximate surface area is 109 Å².